The van der Waals surface area contributed by atoms with Crippen LogP contribution in [0.1, 0.15) is 69.3 Å². The van der Waals surface area contributed by atoms with Crippen LogP contribution in [0.25, 0.3) is 11.5 Å². The van der Waals surface area contributed by atoms with Crippen LogP contribution in [0.3, 0.4) is 0 Å². The maximum Gasteiger partial charge on any atom is 0.333 e. The predicted octanol–water partition coefficient (Wildman–Crippen LogP) is 4.50. The third-order valence-corrected chi connectivity index (χ3v) is 6.55. The van der Waals surface area contributed by atoms with Crippen LogP contribution in [0.5, 0.6) is 0 Å². The fourth-order valence-electron chi connectivity index (χ4n) is 4.29. The van der Waals surface area contributed by atoms with E-state index >= 15 is 0 Å². The highest BCUT2D eigenvalue weighted by molar-refractivity contribution is 5.43. The van der Waals surface area contributed by atoms with Crippen LogP contribution < -0.4 is 11.0 Å². The minimum Gasteiger partial charge on any atom is -0.343 e. The lowest BCUT2D eigenvalue weighted by Gasteiger charge is -2.16. The largest absolute Gasteiger partial charge is 0.343 e. The van der Waals surface area contributed by atoms with E-state index in [0.717, 1.165) is 29.9 Å². The molecule has 0 atom stereocenters. The zero-order valence-electron chi connectivity index (χ0n) is 20.4. The zero-order valence-corrected chi connectivity index (χ0v) is 20.4. The summed E-state index contributed by atoms with van der Waals surface area (Å²) < 4.78 is 5.32. The van der Waals surface area contributed by atoms with Crippen LogP contribution in [-0.2, 0) is 12.6 Å². The second-order valence-corrected chi connectivity index (χ2v) is 9.80. The number of anilines is 1. The van der Waals surface area contributed by atoms with Crippen molar-refractivity contribution in [2.45, 2.75) is 57.9 Å². The normalized spacial score (nSPS) is 14.7. The Balaban J connectivity index is 1.43. The maximum atomic E-state index is 12.8. The number of benzene rings is 1. The van der Waals surface area contributed by atoms with Gasteiger partial charge in [0.25, 0.3) is 0 Å². The Bertz CT molecular complexity index is 1390. The molecule has 1 aliphatic rings. The summed E-state index contributed by atoms with van der Waals surface area (Å²) in [6, 6.07) is 10.3. The van der Waals surface area contributed by atoms with E-state index in [1.54, 1.807) is 28.4 Å². The van der Waals surface area contributed by atoms with Crippen LogP contribution in [0.15, 0.2) is 60.0 Å². The van der Waals surface area contributed by atoms with Gasteiger partial charge in [-0.15, -0.1) is 0 Å². The van der Waals surface area contributed by atoms with Crippen molar-refractivity contribution in [3.63, 3.8) is 0 Å². The molecule has 3 aromatic heterocycles. The summed E-state index contributed by atoms with van der Waals surface area (Å²) >= 11 is 0. The van der Waals surface area contributed by atoms with Crippen LogP contribution in [-0.4, -0.2) is 28.7 Å². The van der Waals surface area contributed by atoms with Crippen molar-refractivity contribution < 1.29 is 0 Å². The first-order valence-electron chi connectivity index (χ1n) is 11.8. The van der Waals surface area contributed by atoms with Crippen LogP contribution >= 0.6 is 0 Å². The van der Waals surface area contributed by atoms with Crippen molar-refractivity contribution in [2.24, 2.45) is 7.05 Å². The topological polar surface area (TPSA) is 82.6 Å². The highest BCUT2D eigenvalue weighted by atomic mass is 16.1. The Hall–Kier alpha value is -3.68. The molecule has 1 aliphatic carbocycles. The summed E-state index contributed by atoms with van der Waals surface area (Å²) in [6.07, 6.45) is 9.41. The van der Waals surface area contributed by atoms with Crippen molar-refractivity contribution in [2.75, 3.05) is 5.32 Å². The summed E-state index contributed by atoms with van der Waals surface area (Å²) in [5.74, 6) is 1.72. The smallest absolute Gasteiger partial charge is 0.333 e. The van der Waals surface area contributed by atoms with E-state index in [-0.39, 0.29) is 17.1 Å². The molecule has 0 spiro atoms. The third kappa shape index (κ3) is 3.93. The lowest BCUT2D eigenvalue weighted by Crippen LogP contribution is -2.25. The van der Waals surface area contributed by atoms with Gasteiger partial charge in [-0.05, 0) is 42.4 Å². The number of aryl methyl sites for hydroxylation is 1. The number of aromatic nitrogens is 6. The van der Waals surface area contributed by atoms with Crippen molar-refractivity contribution in [3.05, 3.63) is 82.7 Å². The van der Waals surface area contributed by atoms with E-state index < -0.39 is 0 Å². The van der Waals surface area contributed by atoms with Gasteiger partial charge >= 0.3 is 5.69 Å². The molecule has 5 rings (SSSR count). The molecular weight excluding hydrogens is 426 g/mol. The number of imidazole rings is 2. The highest BCUT2D eigenvalue weighted by Gasteiger charge is 2.47. The lowest BCUT2D eigenvalue weighted by atomic mass is 10.0. The molecular formula is C26H31N7O. The number of rotatable bonds is 7. The maximum absolute atomic E-state index is 12.8. The fourth-order valence-corrected chi connectivity index (χ4v) is 4.29. The molecule has 0 amide bonds. The van der Waals surface area contributed by atoms with Gasteiger partial charge in [-0.2, -0.15) is 4.98 Å². The monoisotopic (exact) mass is 457 g/mol. The van der Waals surface area contributed by atoms with Gasteiger partial charge in [0.1, 0.15) is 5.82 Å². The second-order valence-electron chi connectivity index (χ2n) is 9.80. The first kappa shape index (κ1) is 22.1. The molecule has 0 unspecified atom stereocenters. The Kier molecular flexibility index (Phi) is 5.38. The summed E-state index contributed by atoms with van der Waals surface area (Å²) in [5.41, 5.74) is 3.88. The summed E-state index contributed by atoms with van der Waals surface area (Å²) in [4.78, 5) is 26.6. The third-order valence-electron chi connectivity index (χ3n) is 6.55. The van der Waals surface area contributed by atoms with E-state index in [2.05, 4.69) is 73.0 Å². The molecule has 8 nitrogen and oxygen atoms in total. The molecule has 1 N–H and O–H groups in total. The van der Waals surface area contributed by atoms with E-state index in [1.165, 1.54) is 5.56 Å². The standard InChI is InChI=1S/C26H31N7O/c1-17(2)19-7-6-8-20(13-19)32-15-22(28-16-32)26(10-11-26)30-24-27-12-9-23(29-24)33-21(18(3)4)14-31(5)25(33)34/h6-9,12-18H,10-11H2,1-5H3,(H,27,29,30). The predicted molar refractivity (Wildman–Crippen MR) is 133 cm³/mol. The number of nitrogens with one attached hydrogen (secondary N) is 1. The molecule has 0 saturated heterocycles. The van der Waals surface area contributed by atoms with Gasteiger partial charge < -0.3 is 14.5 Å². The van der Waals surface area contributed by atoms with Gasteiger partial charge in [-0.1, -0.05) is 39.8 Å². The molecule has 4 aromatic rings. The quantitative estimate of drug-likeness (QED) is 0.442. The molecule has 34 heavy (non-hydrogen) atoms. The number of hydrogen-bond donors (Lipinski definition) is 1. The molecule has 1 fully saturated rings. The molecule has 176 valence electrons. The SMILES string of the molecule is CC(C)c1cccc(-n2cnc(C3(Nc4nccc(-n5c(C(C)C)cn(C)c5=O)n4)CC3)c2)c1. The van der Waals surface area contributed by atoms with Gasteiger partial charge in [0.05, 0.1) is 17.6 Å². The first-order valence-corrected chi connectivity index (χ1v) is 11.8. The van der Waals surface area contributed by atoms with Crippen molar-refractivity contribution in [1.82, 2.24) is 28.7 Å². The zero-order chi connectivity index (χ0) is 24.0. The lowest BCUT2D eigenvalue weighted by molar-refractivity contribution is 0.740. The second kappa shape index (κ2) is 8.27. The van der Waals surface area contributed by atoms with Crippen LogP contribution in [0.4, 0.5) is 5.95 Å². The molecule has 0 aliphatic heterocycles. The van der Waals surface area contributed by atoms with Crippen LogP contribution in [0.2, 0.25) is 0 Å². The van der Waals surface area contributed by atoms with Crippen molar-refractivity contribution in [3.8, 4) is 11.5 Å². The highest BCUT2D eigenvalue weighted by Crippen LogP contribution is 2.47. The summed E-state index contributed by atoms with van der Waals surface area (Å²) in [6.45, 7) is 8.53. The average Bonchev–Trinajstić information content (AvgIpc) is 3.29. The molecule has 1 aromatic carbocycles. The summed E-state index contributed by atoms with van der Waals surface area (Å²) in [5, 5.41) is 3.50. The molecule has 0 radical (unpaired) electrons. The molecule has 1 saturated carbocycles. The van der Waals surface area contributed by atoms with Crippen LogP contribution in [0, 0.1) is 0 Å². The number of nitrogens with zero attached hydrogens (tertiary/aromatic N) is 6. The molecule has 0 bridgehead atoms. The van der Waals surface area contributed by atoms with Gasteiger partial charge in [-0.25, -0.2) is 19.3 Å². The van der Waals surface area contributed by atoms with E-state index in [9.17, 15) is 4.79 Å². The first-order chi connectivity index (χ1) is 16.3. The van der Waals surface area contributed by atoms with Gasteiger partial charge in [0.2, 0.25) is 5.95 Å². The van der Waals surface area contributed by atoms with E-state index in [0.29, 0.717) is 17.7 Å². The van der Waals surface area contributed by atoms with Crippen molar-refractivity contribution in [1.29, 1.82) is 0 Å². The van der Waals surface area contributed by atoms with Crippen molar-refractivity contribution >= 4 is 5.95 Å². The van der Waals surface area contributed by atoms with Gasteiger partial charge in [0, 0.05) is 43.1 Å². The minimum absolute atomic E-state index is 0.114. The molecule has 8 heteroatoms. The molecule has 3 heterocycles. The number of hydrogen-bond acceptors (Lipinski definition) is 5. The Morgan fingerprint density at radius 2 is 1.82 bits per heavy atom. The van der Waals surface area contributed by atoms with E-state index in [4.69, 9.17) is 9.97 Å². The summed E-state index contributed by atoms with van der Waals surface area (Å²) in [7, 11) is 1.76. The fraction of sp³-hybridized carbons (Fsp3) is 0.385. The average molecular weight is 458 g/mol. The minimum atomic E-state index is -0.290. The Morgan fingerprint density at radius 3 is 2.53 bits per heavy atom. The Morgan fingerprint density at radius 1 is 1.03 bits per heavy atom. The van der Waals surface area contributed by atoms with Gasteiger partial charge in [0.15, 0.2) is 0 Å². The Labute approximate surface area is 199 Å². The van der Waals surface area contributed by atoms with E-state index in [1.807, 2.05) is 12.5 Å². The van der Waals surface area contributed by atoms with Gasteiger partial charge in [-0.3, -0.25) is 0 Å².